The van der Waals surface area contributed by atoms with Gasteiger partial charge in [0.05, 0.1) is 5.92 Å². The molecule has 0 bridgehead atoms. The van der Waals surface area contributed by atoms with Crippen LogP contribution >= 0.6 is 0 Å². The molecule has 4 N–H and O–H groups in total. The summed E-state index contributed by atoms with van der Waals surface area (Å²) < 4.78 is 1.50. The van der Waals surface area contributed by atoms with E-state index in [1.165, 1.54) is 4.68 Å². The van der Waals surface area contributed by atoms with Gasteiger partial charge < -0.3 is 16.4 Å². The molecule has 0 aromatic carbocycles. The van der Waals surface area contributed by atoms with E-state index in [9.17, 15) is 4.79 Å². The molecule has 104 valence electrons. The van der Waals surface area contributed by atoms with Crippen LogP contribution in [0.3, 0.4) is 0 Å². The average molecular weight is 274 g/mol. The minimum absolute atomic E-state index is 0.114. The first-order valence-electron chi connectivity index (χ1n) is 6.19. The van der Waals surface area contributed by atoms with Crippen LogP contribution in [0.1, 0.15) is 6.42 Å². The van der Waals surface area contributed by atoms with Gasteiger partial charge in [-0.25, -0.2) is 4.68 Å². The number of anilines is 2. The molecule has 1 fully saturated rings. The van der Waals surface area contributed by atoms with Crippen molar-refractivity contribution in [2.24, 2.45) is 11.7 Å². The number of carbonyl (C=O) groups excluding carboxylic acids is 1. The van der Waals surface area contributed by atoms with E-state index in [0.717, 1.165) is 0 Å². The van der Waals surface area contributed by atoms with Crippen LogP contribution in [0.2, 0.25) is 0 Å². The Bertz CT molecular complexity index is 625. The predicted molar refractivity (Wildman–Crippen MR) is 70.9 cm³/mol. The standard InChI is InChI=1S/C11H14N8O/c12-8(20)7-2-5-18(6-7)10-15-9(13)16-11(17-10)19-4-1-3-14-19/h1,3-4,7H,2,5-6H2,(H2,12,20)(H2,13,15,16,17). The van der Waals surface area contributed by atoms with E-state index in [4.69, 9.17) is 11.5 Å². The van der Waals surface area contributed by atoms with Gasteiger partial charge in [-0.05, 0) is 12.5 Å². The van der Waals surface area contributed by atoms with Gasteiger partial charge in [0, 0.05) is 25.5 Å². The molecule has 3 rings (SSSR count). The summed E-state index contributed by atoms with van der Waals surface area (Å²) in [5.41, 5.74) is 11.0. The van der Waals surface area contributed by atoms with E-state index in [0.29, 0.717) is 31.4 Å². The first kappa shape index (κ1) is 12.3. The predicted octanol–water partition coefficient (Wildman–Crippen LogP) is -1.05. The molecule has 1 amide bonds. The maximum Gasteiger partial charge on any atom is 0.257 e. The largest absolute Gasteiger partial charge is 0.369 e. The van der Waals surface area contributed by atoms with Crippen molar-refractivity contribution in [2.45, 2.75) is 6.42 Å². The highest BCUT2D eigenvalue weighted by atomic mass is 16.1. The molecule has 1 atom stereocenters. The number of nitrogens with two attached hydrogens (primary N) is 2. The summed E-state index contributed by atoms with van der Waals surface area (Å²) in [6.45, 7) is 1.16. The van der Waals surface area contributed by atoms with E-state index in [1.54, 1.807) is 18.5 Å². The Hall–Kier alpha value is -2.71. The number of hydrogen-bond donors (Lipinski definition) is 2. The van der Waals surface area contributed by atoms with Crippen LogP contribution in [0.25, 0.3) is 5.95 Å². The molecular formula is C11H14N8O. The van der Waals surface area contributed by atoms with E-state index in [2.05, 4.69) is 20.1 Å². The van der Waals surface area contributed by atoms with Gasteiger partial charge in [-0.1, -0.05) is 0 Å². The van der Waals surface area contributed by atoms with Crippen molar-refractivity contribution in [3.63, 3.8) is 0 Å². The third-order valence-electron chi connectivity index (χ3n) is 3.21. The molecule has 2 aromatic heterocycles. The molecular weight excluding hydrogens is 260 g/mol. The Balaban J connectivity index is 1.89. The first-order chi connectivity index (χ1) is 9.63. The summed E-state index contributed by atoms with van der Waals surface area (Å²) in [7, 11) is 0. The first-order valence-corrected chi connectivity index (χ1v) is 6.19. The molecule has 0 saturated carbocycles. The lowest BCUT2D eigenvalue weighted by Gasteiger charge is -2.16. The molecule has 0 spiro atoms. The minimum atomic E-state index is -0.304. The second-order valence-electron chi connectivity index (χ2n) is 4.58. The van der Waals surface area contributed by atoms with Crippen molar-refractivity contribution >= 4 is 17.8 Å². The maximum atomic E-state index is 11.2. The number of aromatic nitrogens is 5. The fourth-order valence-corrected chi connectivity index (χ4v) is 2.17. The molecule has 1 aliphatic rings. The number of nitrogens with zero attached hydrogens (tertiary/aromatic N) is 6. The molecule has 1 aliphatic heterocycles. The Labute approximate surface area is 114 Å². The number of carbonyl (C=O) groups is 1. The summed E-state index contributed by atoms with van der Waals surface area (Å²) >= 11 is 0. The number of primary amides is 1. The van der Waals surface area contributed by atoms with Gasteiger partial charge in [-0.3, -0.25) is 4.79 Å². The average Bonchev–Trinajstić information content (AvgIpc) is 3.10. The van der Waals surface area contributed by atoms with Crippen LogP contribution < -0.4 is 16.4 Å². The smallest absolute Gasteiger partial charge is 0.257 e. The summed E-state index contributed by atoms with van der Waals surface area (Å²) in [4.78, 5) is 25.5. The molecule has 3 heterocycles. The molecule has 1 saturated heterocycles. The summed E-state index contributed by atoms with van der Waals surface area (Å²) in [6, 6.07) is 1.76. The van der Waals surface area contributed by atoms with Gasteiger partial charge in [0.2, 0.25) is 17.8 Å². The zero-order chi connectivity index (χ0) is 14.1. The number of amides is 1. The van der Waals surface area contributed by atoms with Gasteiger partial charge in [0.25, 0.3) is 5.95 Å². The Morgan fingerprint density at radius 1 is 1.30 bits per heavy atom. The van der Waals surface area contributed by atoms with Crippen LogP contribution in [-0.2, 0) is 4.79 Å². The van der Waals surface area contributed by atoms with Crippen molar-refractivity contribution in [3.05, 3.63) is 18.5 Å². The number of nitrogen functional groups attached to an aromatic ring is 1. The molecule has 9 heteroatoms. The van der Waals surface area contributed by atoms with Gasteiger partial charge in [0.15, 0.2) is 0 Å². The van der Waals surface area contributed by atoms with Crippen molar-refractivity contribution in [3.8, 4) is 5.95 Å². The highest BCUT2D eigenvalue weighted by molar-refractivity contribution is 5.78. The summed E-state index contributed by atoms with van der Waals surface area (Å²) in [6.07, 6.45) is 4.03. The Kier molecular flexibility index (Phi) is 2.93. The third kappa shape index (κ3) is 2.25. The third-order valence-corrected chi connectivity index (χ3v) is 3.21. The van der Waals surface area contributed by atoms with Crippen LogP contribution in [0, 0.1) is 5.92 Å². The van der Waals surface area contributed by atoms with Crippen LogP contribution in [0.15, 0.2) is 18.5 Å². The van der Waals surface area contributed by atoms with Gasteiger partial charge in [-0.15, -0.1) is 0 Å². The molecule has 0 radical (unpaired) electrons. The van der Waals surface area contributed by atoms with Crippen molar-refractivity contribution in [1.29, 1.82) is 0 Å². The SMILES string of the molecule is NC(=O)C1CCN(c2nc(N)nc(-n3cccn3)n2)C1. The normalized spacial score (nSPS) is 18.4. The highest BCUT2D eigenvalue weighted by Gasteiger charge is 2.28. The minimum Gasteiger partial charge on any atom is -0.369 e. The maximum absolute atomic E-state index is 11.2. The fourth-order valence-electron chi connectivity index (χ4n) is 2.17. The van der Waals surface area contributed by atoms with Crippen molar-refractivity contribution in [2.75, 3.05) is 23.7 Å². The molecule has 0 aliphatic carbocycles. The van der Waals surface area contributed by atoms with Gasteiger partial charge in [0.1, 0.15) is 0 Å². The molecule has 2 aromatic rings. The lowest BCUT2D eigenvalue weighted by Crippen LogP contribution is -2.28. The zero-order valence-corrected chi connectivity index (χ0v) is 10.7. The van der Waals surface area contributed by atoms with Crippen molar-refractivity contribution < 1.29 is 4.79 Å². The number of hydrogen-bond acceptors (Lipinski definition) is 7. The topological polar surface area (TPSA) is 129 Å². The van der Waals surface area contributed by atoms with Crippen LogP contribution in [0.4, 0.5) is 11.9 Å². The summed E-state index contributed by atoms with van der Waals surface area (Å²) in [5, 5.41) is 4.05. The number of rotatable bonds is 3. The lowest BCUT2D eigenvalue weighted by molar-refractivity contribution is -0.121. The second-order valence-corrected chi connectivity index (χ2v) is 4.58. The van der Waals surface area contributed by atoms with E-state index < -0.39 is 0 Å². The molecule has 20 heavy (non-hydrogen) atoms. The zero-order valence-electron chi connectivity index (χ0n) is 10.7. The quantitative estimate of drug-likeness (QED) is 0.730. The second kappa shape index (κ2) is 4.76. The summed E-state index contributed by atoms with van der Waals surface area (Å²) in [5.74, 6) is 0.415. The van der Waals surface area contributed by atoms with Crippen LogP contribution in [-0.4, -0.2) is 43.7 Å². The monoisotopic (exact) mass is 274 g/mol. The van der Waals surface area contributed by atoms with E-state index in [1.807, 2.05) is 4.90 Å². The Morgan fingerprint density at radius 3 is 2.75 bits per heavy atom. The lowest BCUT2D eigenvalue weighted by atomic mass is 10.1. The Morgan fingerprint density at radius 2 is 2.10 bits per heavy atom. The highest BCUT2D eigenvalue weighted by Crippen LogP contribution is 2.21. The van der Waals surface area contributed by atoms with Gasteiger partial charge >= 0.3 is 0 Å². The van der Waals surface area contributed by atoms with Crippen molar-refractivity contribution in [1.82, 2.24) is 24.7 Å². The fraction of sp³-hybridized carbons (Fsp3) is 0.364. The van der Waals surface area contributed by atoms with Gasteiger partial charge in [-0.2, -0.15) is 20.1 Å². The van der Waals surface area contributed by atoms with Crippen LogP contribution in [0.5, 0.6) is 0 Å². The molecule has 1 unspecified atom stereocenters. The van der Waals surface area contributed by atoms with E-state index in [-0.39, 0.29) is 17.8 Å². The van der Waals surface area contributed by atoms with E-state index >= 15 is 0 Å². The molecule has 9 nitrogen and oxygen atoms in total.